The smallest absolute Gasteiger partial charge is 0.343 e. The molecule has 258 valence electrons. The summed E-state index contributed by atoms with van der Waals surface area (Å²) in [5.41, 5.74) is 3.92. The number of hydrogen-bond donors (Lipinski definition) is 0. The minimum absolute atomic E-state index is 0.429. The Balaban J connectivity index is 1.16. The fourth-order valence-electron chi connectivity index (χ4n) is 5.19. The fourth-order valence-corrected chi connectivity index (χ4v) is 5.19. The summed E-state index contributed by atoms with van der Waals surface area (Å²) >= 11 is 0. The van der Waals surface area contributed by atoms with Crippen molar-refractivity contribution in [2.45, 2.75) is 90.9 Å². The molecule has 0 spiro atoms. The van der Waals surface area contributed by atoms with Gasteiger partial charge in [0.15, 0.2) is 0 Å². The molecule has 0 atom stereocenters. The summed E-state index contributed by atoms with van der Waals surface area (Å²) in [4.78, 5) is 21.8. The van der Waals surface area contributed by atoms with Crippen molar-refractivity contribution >= 4 is 29.8 Å². The number of hydrogen-bond acceptors (Lipinski definition) is 6. The van der Waals surface area contributed by atoms with Crippen LogP contribution in [0.25, 0.3) is 0 Å². The number of esters is 1. The van der Waals surface area contributed by atoms with Crippen LogP contribution in [-0.2, 0) is 0 Å². The Kier molecular flexibility index (Phi) is 16.7. The van der Waals surface area contributed by atoms with Crippen LogP contribution in [0.5, 0.6) is 17.2 Å². The Hall–Kier alpha value is -4.71. The van der Waals surface area contributed by atoms with Gasteiger partial charge >= 0.3 is 5.97 Å². The molecule has 0 aliphatic carbocycles. The molecule has 0 aliphatic rings. The number of benzene rings is 4. The Morgan fingerprint density at radius 2 is 0.878 bits per heavy atom. The molecule has 0 heterocycles. The van der Waals surface area contributed by atoms with Crippen LogP contribution in [0.4, 0.5) is 11.4 Å². The highest BCUT2D eigenvalue weighted by molar-refractivity contribution is 5.91. The number of unbranched alkanes of at least 4 members (excludes halogenated alkanes) is 10. The van der Waals surface area contributed by atoms with Gasteiger partial charge < -0.3 is 14.2 Å². The van der Waals surface area contributed by atoms with Gasteiger partial charge in [-0.3, -0.25) is 9.98 Å². The summed E-state index contributed by atoms with van der Waals surface area (Å²) in [5.74, 6) is 1.78. The standard InChI is InChI=1S/C43H52N2O4/c1-3-5-7-9-11-13-31-47-40-25-15-35(16-26-40)33-44-38-21-19-37(20-22-38)43(46)49-42-29-23-39(24-30-42)45-34-36-17-27-41(28-18-36)48-32-14-12-10-8-6-4-2/h15-30,33-34H,3-14,31-32H2,1-2H3. The van der Waals surface area contributed by atoms with Crippen molar-refractivity contribution in [1.29, 1.82) is 0 Å². The average molecular weight is 661 g/mol. The van der Waals surface area contributed by atoms with Crippen molar-refractivity contribution in [1.82, 2.24) is 0 Å². The Morgan fingerprint density at radius 1 is 0.490 bits per heavy atom. The molecule has 49 heavy (non-hydrogen) atoms. The van der Waals surface area contributed by atoms with E-state index in [0.29, 0.717) is 11.3 Å². The van der Waals surface area contributed by atoms with Gasteiger partial charge in [-0.1, -0.05) is 78.1 Å². The van der Waals surface area contributed by atoms with E-state index >= 15 is 0 Å². The van der Waals surface area contributed by atoms with Crippen LogP contribution in [0.3, 0.4) is 0 Å². The second-order valence-corrected chi connectivity index (χ2v) is 12.3. The van der Waals surface area contributed by atoms with E-state index in [1.807, 2.05) is 66.9 Å². The van der Waals surface area contributed by atoms with E-state index in [2.05, 4.69) is 23.8 Å². The van der Waals surface area contributed by atoms with Crippen molar-refractivity contribution in [2.24, 2.45) is 9.98 Å². The molecule has 4 aromatic carbocycles. The van der Waals surface area contributed by atoms with Gasteiger partial charge in [0.2, 0.25) is 0 Å². The first-order chi connectivity index (χ1) is 24.1. The summed E-state index contributed by atoms with van der Waals surface area (Å²) in [6, 6.07) is 30.1. The van der Waals surface area contributed by atoms with Crippen LogP contribution < -0.4 is 14.2 Å². The van der Waals surface area contributed by atoms with Gasteiger partial charge in [-0.15, -0.1) is 0 Å². The first-order valence-electron chi connectivity index (χ1n) is 18.1. The second-order valence-electron chi connectivity index (χ2n) is 12.3. The molecule has 0 N–H and O–H groups in total. The predicted octanol–water partition coefficient (Wildman–Crippen LogP) is 11.9. The lowest BCUT2D eigenvalue weighted by atomic mass is 10.1. The molecule has 0 saturated heterocycles. The third-order valence-electron chi connectivity index (χ3n) is 8.17. The second kappa shape index (κ2) is 22.0. The summed E-state index contributed by atoms with van der Waals surface area (Å²) in [7, 11) is 0. The lowest BCUT2D eigenvalue weighted by Gasteiger charge is -2.06. The molecule has 0 fully saturated rings. The first-order valence-corrected chi connectivity index (χ1v) is 18.1. The summed E-state index contributed by atoms with van der Waals surface area (Å²) in [6.07, 6.45) is 18.6. The largest absolute Gasteiger partial charge is 0.494 e. The van der Waals surface area contributed by atoms with Crippen LogP contribution in [0.2, 0.25) is 0 Å². The number of nitrogens with zero attached hydrogens (tertiary/aromatic N) is 2. The quantitative estimate of drug-likeness (QED) is 0.0364. The molecule has 6 nitrogen and oxygen atoms in total. The molecule has 0 saturated carbocycles. The lowest BCUT2D eigenvalue weighted by molar-refractivity contribution is 0.0735. The molecular formula is C43H52N2O4. The normalized spacial score (nSPS) is 11.3. The molecule has 0 unspecified atom stereocenters. The van der Waals surface area contributed by atoms with Crippen molar-refractivity contribution in [2.75, 3.05) is 13.2 Å². The molecule has 4 rings (SSSR count). The van der Waals surface area contributed by atoms with E-state index < -0.39 is 5.97 Å². The van der Waals surface area contributed by atoms with E-state index in [9.17, 15) is 4.79 Å². The van der Waals surface area contributed by atoms with Crippen LogP contribution in [-0.4, -0.2) is 31.6 Å². The molecule has 0 bridgehead atoms. The lowest BCUT2D eigenvalue weighted by Crippen LogP contribution is -2.07. The number of carbonyl (C=O) groups excluding carboxylic acids is 1. The molecule has 6 heteroatoms. The molecular weight excluding hydrogens is 608 g/mol. The van der Waals surface area contributed by atoms with Crippen molar-refractivity contribution < 1.29 is 19.0 Å². The van der Waals surface area contributed by atoms with Gasteiger partial charge in [-0.2, -0.15) is 0 Å². The average Bonchev–Trinajstić information content (AvgIpc) is 3.14. The van der Waals surface area contributed by atoms with Crippen molar-refractivity contribution in [3.63, 3.8) is 0 Å². The summed E-state index contributed by atoms with van der Waals surface area (Å²) in [6.45, 7) is 5.97. The number of carbonyl (C=O) groups is 1. The maximum Gasteiger partial charge on any atom is 0.343 e. The number of aliphatic imine (C=N–C) groups is 2. The monoisotopic (exact) mass is 660 g/mol. The van der Waals surface area contributed by atoms with Gasteiger partial charge in [0.1, 0.15) is 17.2 Å². The number of rotatable bonds is 22. The van der Waals surface area contributed by atoms with E-state index in [1.54, 1.807) is 42.6 Å². The Bertz CT molecular complexity index is 1540. The minimum atomic E-state index is -0.429. The Morgan fingerprint density at radius 3 is 1.33 bits per heavy atom. The topological polar surface area (TPSA) is 69.5 Å². The van der Waals surface area contributed by atoms with Crippen molar-refractivity contribution in [3.8, 4) is 17.2 Å². The third-order valence-corrected chi connectivity index (χ3v) is 8.17. The van der Waals surface area contributed by atoms with Gasteiger partial charge in [-0.05, 0) is 121 Å². The molecule has 0 aromatic heterocycles. The van der Waals surface area contributed by atoms with Gasteiger partial charge in [0.25, 0.3) is 0 Å². The third kappa shape index (κ3) is 14.5. The zero-order valence-corrected chi connectivity index (χ0v) is 29.3. The van der Waals surface area contributed by atoms with Gasteiger partial charge in [0, 0.05) is 12.4 Å². The zero-order valence-electron chi connectivity index (χ0n) is 29.3. The zero-order chi connectivity index (χ0) is 34.4. The summed E-state index contributed by atoms with van der Waals surface area (Å²) in [5, 5.41) is 0. The van der Waals surface area contributed by atoms with Gasteiger partial charge in [0.05, 0.1) is 30.2 Å². The molecule has 0 radical (unpaired) electrons. The highest BCUT2D eigenvalue weighted by Crippen LogP contribution is 2.21. The SMILES string of the molecule is CCCCCCCCOc1ccc(C=Nc2ccc(OC(=O)c3ccc(N=Cc4ccc(OCCCCCCCC)cc4)cc3)cc2)cc1. The maximum atomic E-state index is 12.7. The van der Waals surface area contributed by atoms with Gasteiger partial charge in [-0.25, -0.2) is 4.79 Å². The van der Waals surface area contributed by atoms with E-state index in [4.69, 9.17) is 14.2 Å². The predicted molar refractivity (Wildman–Crippen MR) is 203 cm³/mol. The van der Waals surface area contributed by atoms with Crippen LogP contribution in [0, 0.1) is 0 Å². The van der Waals surface area contributed by atoms with Crippen LogP contribution >= 0.6 is 0 Å². The highest BCUT2D eigenvalue weighted by atomic mass is 16.5. The molecule has 4 aromatic rings. The molecule has 0 amide bonds. The van der Waals surface area contributed by atoms with E-state index in [0.717, 1.165) is 60.1 Å². The Labute approximate surface area is 293 Å². The highest BCUT2D eigenvalue weighted by Gasteiger charge is 2.08. The molecule has 0 aliphatic heterocycles. The first kappa shape index (κ1) is 37.1. The van der Waals surface area contributed by atoms with Crippen LogP contribution in [0.1, 0.15) is 112 Å². The fraction of sp³-hybridized carbons (Fsp3) is 0.372. The minimum Gasteiger partial charge on any atom is -0.494 e. The summed E-state index contributed by atoms with van der Waals surface area (Å²) < 4.78 is 17.3. The van der Waals surface area contributed by atoms with E-state index in [1.165, 1.54) is 64.2 Å². The number of ether oxygens (including phenoxy) is 3. The van der Waals surface area contributed by atoms with E-state index in [-0.39, 0.29) is 0 Å². The van der Waals surface area contributed by atoms with Crippen molar-refractivity contribution in [3.05, 3.63) is 114 Å². The van der Waals surface area contributed by atoms with Crippen LogP contribution in [0.15, 0.2) is 107 Å². The maximum absolute atomic E-state index is 12.7.